The number of hydrogen-bond acceptors (Lipinski definition) is 3. The Hall–Kier alpha value is -1.10. The molecule has 0 radical (unpaired) electrons. The largest absolute Gasteiger partial charge is 0.480 e. The van der Waals surface area contributed by atoms with Crippen molar-refractivity contribution in [3.05, 3.63) is 0 Å². The Bertz CT molecular complexity index is 299. The lowest BCUT2D eigenvalue weighted by Crippen LogP contribution is -2.47. The molecule has 0 spiro atoms. The highest BCUT2D eigenvalue weighted by Crippen LogP contribution is 2.33. The zero-order valence-corrected chi connectivity index (χ0v) is 11.4. The van der Waals surface area contributed by atoms with Gasteiger partial charge in [0.25, 0.3) is 0 Å². The Labute approximate surface area is 109 Å². The number of nitrogens with one attached hydrogen (secondary N) is 1. The van der Waals surface area contributed by atoms with Crippen LogP contribution in [0.25, 0.3) is 0 Å². The molecule has 1 aliphatic rings. The molecule has 1 heterocycles. The van der Waals surface area contributed by atoms with E-state index in [1.54, 1.807) is 0 Å². The molecule has 0 aliphatic carbocycles. The number of amides is 1. The first-order valence-electron chi connectivity index (χ1n) is 6.77. The van der Waals surface area contributed by atoms with Gasteiger partial charge in [0.15, 0.2) is 0 Å². The zero-order chi connectivity index (χ0) is 13.6. The van der Waals surface area contributed by atoms with Crippen LogP contribution in [0, 0.1) is 5.41 Å². The summed E-state index contributed by atoms with van der Waals surface area (Å²) in [6, 6.07) is 0. The standard InChI is InChI=1S/C13H24N2O3/c1-3-5-13(6-7-14-10-13)12(18)15(8-4-2)9-11(16)17/h14H,3-10H2,1-2H3,(H,16,17). The maximum absolute atomic E-state index is 12.6. The van der Waals surface area contributed by atoms with E-state index < -0.39 is 5.97 Å². The highest BCUT2D eigenvalue weighted by Gasteiger charge is 2.42. The molecular weight excluding hydrogens is 232 g/mol. The molecular formula is C13H24N2O3. The molecule has 0 saturated carbocycles. The number of hydrogen-bond donors (Lipinski definition) is 2. The van der Waals surface area contributed by atoms with E-state index in [0.717, 1.165) is 32.2 Å². The molecule has 0 aromatic heterocycles. The molecule has 1 atom stereocenters. The van der Waals surface area contributed by atoms with Crippen molar-refractivity contribution in [3.63, 3.8) is 0 Å². The third kappa shape index (κ3) is 3.45. The molecule has 0 bridgehead atoms. The molecule has 5 heteroatoms. The second-order valence-electron chi connectivity index (χ2n) is 5.08. The van der Waals surface area contributed by atoms with Gasteiger partial charge >= 0.3 is 5.97 Å². The number of carboxylic acids is 1. The van der Waals surface area contributed by atoms with Crippen molar-refractivity contribution in [2.75, 3.05) is 26.2 Å². The minimum absolute atomic E-state index is 0.0126. The lowest BCUT2D eigenvalue weighted by atomic mass is 9.81. The van der Waals surface area contributed by atoms with E-state index in [0.29, 0.717) is 13.1 Å². The first-order valence-corrected chi connectivity index (χ1v) is 6.77. The van der Waals surface area contributed by atoms with Gasteiger partial charge in [-0.1, -0.05) is 20.3 Å². The normalized spacial score (nSPS) is 23.0. The molecule has 0 aromatic rings. The fourth-order valence-electron chi connectivity index (χ4n) is 2.75. The Morgan fingerprint density at radius 2 is 2.06 bits per heavy atom. The van der Waals surface area contributed by atoms with Crippen molar-refractivity contribution in [2.45, 2.75) is 39.5 Å². The Kier molecular flexibility index (Phi) is 5.59. The van der Waals surface area contributed by atoms with Gasteiger partial charge in [0.2, 0.25) is 5.91 Å². The van der Waals surface area contributed by atoms with Crippen molar-refractivity contribution in [1.29, 1.82) is 0 Å². The van der Waals surface area contributed by atoms with Crippen molar-refractivity contribution in [3.8, 4) is 0 Å². The number of rotatable bonds is 7. The topological polar surface area (TPSA) is 69.6 Å². The summed E-state index contributed by atoms with van der Waals surface area (Å²) in [5.41, 5.74) is -0.376. The summed E-state index contributed by atoms with van der Waals surface area (Å²) >= 11 is 0. The Balaban J connectivity index is 2.81. The molecule has 0 aromatic carbocycles. The summed E-state index contributed by atoms with van der Waals surface area (Å²) < 4.78 is 0. The van der Waals surface area contributed by atoms with E-state index >= 15 is 0 Å². The monoisotopic (exact) mass is 256 g/mol. The third-order valence-corrected chi connectivity index (χ3v) is 3.53. The molecule has 18 heavy (non-hydrogen) atoms. The van der Waals surface area contributed by atoms with Gasteiger partial charge < -0.3 is 15.3 Å². The van der Waals surface area contributed by atoms with Gasteiger partial charge in [-0.05, 0) is 25.8 Å². The van der Waals surface area contributed by atoms with E-state index in [1.165, 1.54) is 4.90 Å². The fraction of sp³-hybridized carbons (Fsp3) is 0.846. The molecule has 5 nitrogen and oxygen atoms in total. The van der Waals surface area contributed by atoms with Crippen molar-refractivity contribution >= 4 is 11.9 Å². The van der Waals surface area contributed by atoms with Gasteiger partial charge in [0.1, 0.15) is 6.54 Å². The predicted octanol–water partition coefficient (Wildman–Crippen LogP) is 1.09. The molecule has 1 amide bonds. The highest BCUT2D eigenvalue weighted by molar-refractivity contribution is 5.86. The summed E-state index contributed by atoms with van der Waals surface area (Å²) in [4.78, 5) is 25.0. The molecule has 1 unspecified atom stereocenters. The number of aliphatic carboxylic acids is 1. The van der Waals surface area contributed by atoms with Crippen LogP contribution in [0.2, 0.25) is 0 Å². The SMILES string of the molecule is CCCN(CC(=O)O)C(=O)C1(CCC)CCNC1. The van der Waals surface area contributed by atoms with E-state index in [2.05, 4.69) is 12.2 Å². The summed E-state index contributed by atoms with van der Waals surface area (Å²) in [5, 5.41) is 12.1. The minimum atomic E-state index is -0.936. The smallest absolute Gasteiger partial charge is 0.323 e. The maximum Gasteiger partial charge on any atom is 0.323 e. The quantitative estimate of drug-likeness (QED) is 0.715. The van der Waals surface area contributed by atoms with Crippen LogP contribution < -0.4 is 5.32 Å². The second kappa shape index (κ2) is 6.73. The van der Waals surface area contributed by atoms with Crippen LogP contribution in [0.1, 0.15) is 39.5 Å². The molecule has 1 fully saturated rings. The van der Waals surface area contributed by atoms with Crippen molar-refractivity contribution < 1.29 is 14.7 Å². The van der Waals surface area contributed by atoms with Crippen LogP contribution in [0.4, 0.5) is 0 Å². The van der Waals surface area contributed by atoms with Gasteiger partial charge in [-0.2, -0.15) is 0 Å². The molecule has 1 saturated heterocycles. The third-order valence-electron chi connectivity index (χ3n) is 3.53. The second-order valence-corrected chi connectivity index (χ2v) is 5.08. The van der Waals surface area contributed by atoms with Gasteiger partial charge in [-0.3, -0.25) is 9.59 Å². The number of carbonyl (C=O) groups is 2. The van der Waals surface area contributed by atoms with Gasteiger partial charge in [-0.25, -0.2) is 0 Å². The Morgan fingerprint density at radius 3 is 2.50 bits per heavy atom. The minimum Gasteiger partial charge on any atom is -0.480 e. The number of nitrogens with zero attached hydrogens (tertiary/aromatic N) is 1. The zero-order valence-electron chi connectivity index (χ0n) is 11.4. The number of carbonyl (C=O) groups excluding carboxylic acids is 1. The molecule has 1 rings (SSSR count). The number of carboxylic acid groups (broad SMARTS) is 1. The fourth-order valence-corrected chi connectivity index (χ4v) is 2.75. The van der Waals surface area contributed by atoms with Crippen LogP contribution in [-0.2, 0) is 9.59 Å². The summed E-state index contributed by atoms with van der Waals surface area (Å²) in [6.45, 7) is 5.89. The predicted molar refractivity (Wildman–Crippen MR) is 69.3 cm³/mol. The summed E-state index contributed by atoms with van der Waals surface area (Å²) in [7, 11) is 0. The maximum atomic E-state index is 12.6. The average molecular weight is 256 g/mol. The average Bonchev–Trinajstić information content (AvgIpc) is 2.77. The lowest BCUT2D eigenvalue weighted by molar-refractivity contribution is -0.149. The highest BCUT2D eigenvalue weighted by atomic mass is 16.4. The van der Waals surface area contributed by atoms with Crippen molar-refractivity contribution in [1.82, 2.24) is 10.2 Å². The van der Waals surface area contributed by atoms with Crippen LogP contribution in [0.15, 0.2) is 0 Å². The van der Waals surface area contributed by atoms with Gasteiger partial charge in [0.05, 0.1) is 5.41 Å². The molecule has 2 N–H and O–H groups in total. The lowest BCUT2D eigenvalue weighted by Gasteiger charge is -2.33. The van der Waals surface area contributed by atoms with E-state index in [9.17, 15) is 9.59 Å². The van der Waals surface area contributed by atoms with E-state index in [1.807, 2.05) is 6.92 Å². The van der Waals surface area contributed by atoms with E-state index in [4.69, 9.17) is 5.11 Å². The van der Waals surface area contributed by atoms with Gasteiger partial charge in [0, 0.05) is 13.1 Å². The van der Waals surface area contributed by atoms with Crippen molar-refractivity contribution in [2.24, 2.45) is 5.41 Å². The van der Waals surface area contributed by atoms with Crippen LogP contribution in [-0.4, -0.2) is 48.1 Å². The first kappa shape index (κ1) is 15.0. The Morgan fingerprint density at radius 1 is 1.33 bits per heavy atom. The molecule has 104 valence electrons. The van der Waals surface area contributed by atoms with Crippen LogP contribution in [0.5, 0.6) is 0 Å². The summed E-state index contributed by atoms with van der Waals surface area (Å²) in [5.74, 6) is -0.923. The first-order chi connectivity index (χ1) is 8.55. The van der Waals surface area contributed by atoms with Crippen LogP contribution in [0.3, 0.4) is 0 Å². The molecule has 1 aliphatic heterocycles. The van der Waals surface area contributed by atoms with Gasteiger partial charge in [-0.15, -0.1) is 0 Å². The van der Waals surface area contributed by atoms with Crippen LogP contribution >= 0.6 is 0 Å². The summed E-state index contributed by atoms with van der Waals surface area (Å²) in [6.07, 6.45) is 3.38. The van der Waals surface area contributed by atoms with E-state index in [-0.39, 0.29) is 17.9 Å².